The van der Waals surface area contributed by atoms with Gasteiger partial charge in [0.15, 0.2) is 0 Å². The zero-order valence-electron chi connectivity index (χ0n) is 12.5. The first-order chi connectivity index (χ1) is 10.8. The van der Waals surface area contributed by atoms with Crippen LogP contribution in [0.2, 0.25) is 0 Å². The standard InChI is InChI=1S/C16H21N5O/c22-16(21-13-14-6-5-8-17-12-14)20-11-4-3-10-19-15-7-1-2-9-18-15/h1-2,5-9,12H,3-4,10-11,13H2,(H,18,19)(H2,20,21,22). The molecule has 0 bridgehead atoms. The number of rotatable bonds is 8. The van der Waals surface area contributed by atoms with Gasteiger partial charge in [-0.1, -0.05) is 12.1 Å². The zero-order valence-corrected chi connectivity index (χ0v) is 12.5. The smallest absolute Gasteiger partial charge is 0.315 e. The minimum absolute atomic E-state index is 0.151. The van der Waals surface area contributed by atoms with E-state index in [4.69, 9.17) is 0 Å². The van der Waals surface area contributed by atoms with Gasteiger partial charge in [0.05, 0.1) is 0 Å². The largest absolute Gasteiger partial charge is 0.370 e. The lowest BCUT2D eigenvalue weighted by Crippen LogP contribution is -2.35. The normalized spacial score (nSPS) is 10.0. The third-order valence-electron chi connectivity index (χ3n) is 3.04. The number of amides is 2. The van der Waals surface area contributed by atoms with Gasteiger partial charge in [-0.05, 0) is 36.6 Å². The molecule has 6 heteroatoms. The van der Waals surface area contributed by atoms with Crippen molar-refractivity contribution in [3.8, 4) is 0 Å². The first-order valence-electron chi connectivity index (χ1n) is 7.40. The minimum Gasteiger partial charge on any atom is -0.370 e. The minimum atomic E-state index is -0.151. The molecule has 0 atom stereocenters. The number of pyridine rings is 2. The average molecular weight is 299 g/mol. The summed E-state index contributed by atoms with van der Waals surface area (Å²) in [5.41, 5.74) is 0.984. The molecule has 0 aromatic carbocycles. The first kappa shape index (κ1) is 15.8. The second-order valence-corrected chi connectivity index (χ2v) is 4.82. The Morgan fingerprint density at radius 1 is 1.00 bits per heavy atom. The van der Waals surface area contributed by atoms with Crippen LogP contribution < -0.4 is 16.0 Å². The second kappa shape index (κ2) is 9.33. The summed E-state index contributed by atoms with van der Waals surface area (Å²) in [6.07, 6.45) is 7.10. The topological polar surface area (TPSA) is 78.9 Å². The molecule has 0 spiro atoms. The average Bonchev–Trinajstić information content (AvgIpc) is 2.58. The Kier molecular flexibility index (Phi) is 6.68. The number of unbranched alkanes of at least 4 members (excludes halogenated alkanes) is 1. The monoisotopic (exact) mass is 299 g/mol. The zero-order chi connectivity index (χ0) is 15.5. The van der Waals surface area contributed by atoms with Crippen LogP contribution in [0.15, 0.2) is 48.9 Å². The molecule has 0 saturated carbocycles. The third-order valence-corrected chi connectivity index (χ3v) is 3.04. The van der Waals surface area contributed by atoms with Crippen LogP contribution in [0.4, 0.5) is 10.6 Å². The van der Waals surface area contributed by atoms with Crippen LogP contribution in [0.3, 0.4) is 0 Å². The Morgan fingerprint density at radius 2 is 1.91 bits per heavy atom. The molecule has 116 valence electrons. The number of carbonyl (C=O) groups is 1. The van der Waals surface area contributed by atoms with Crippen LogP contribution in [0.1, 0.15) is 18.4 Å². The molecule has 0 unspecified atom stereocenters. The Bertz CT molecular complexity index is 547. The highest BCUT2D eigenvalue weighted by molar-refractivity contribution is 5.73. The van der Waals surface area contributed by atoms with Crippen LogP contribution in [0, 0.1) is 0 Å². The molecule has 0 radical (unpaired) electrons. The number of hydrogen-bond acceptors (Lipinski definition) is 4. The van der Waals surface area contributed by atoms with Crippen molar-refractivity contribution in [3.05, 3.63) is 54.5 Å². The summed E-state index contributed by atoms with van der Waals surface area (Å²) < 4.78 is 0. The van der Waals surface area contributed by atoms with Gasteiger partial charge in [-0.2, -0.15) is 0 Å². The van der Waals surface area contributed by atoms with Crippen LogP contribution in [-0.2, 0) is 6.54 Å². The van der Waals surface area contributed by atoms with Gasteiger partial charge in [-0.15, -0.1) is 0 Å². The molecule has 0 fully saturated rings. The van der Waals surface area contributed by atoms with Crippen LogP contribution in [-0.4, -0.2) is 29.1 Å². The Labute approximate surface area is 130 Å². The van der Waals surface area contributed by atoms with Crippen molar-refractivity contribution in [2.24, 2.45) is 0 Å². The van der Waals surface area contributed by atoms with E-state index in [2.05, 4.69) is 25.9 Å². The summed E-state index contributed by atoms with van der Waals surface area (Å²) in [5, 5.41) is 8.87. The molecule has 0 aliphatic carbocycles. The number of urea groups is 1. The number of nitrogens with zero attached hydrogens (tertiary/aromatic N) is 2. The predicted octanol–water partition coefficient (Wildman–Crippen LogP) is 2.17. The predicted molar refractivity (Wildman–Crippen MR) is 86.4 cm³/mol. The number of aromatic nitrogens is 2. The maximum atomic E-state index is 11.6. The van der Waals surface area contributed by atoms with Crippen LogP contribution in [0.5, 0.6) is 0 Å². The second-order valence-electron chi connectivity index (χ2n) is 4.82. The van der Waals surface area contributed by atoms with E-state index in [1.54, 1.807) is 18.6 Å². The van der Waals surface area contributed by atoms with Gasteiger partial charge in [0, 0.05) is 38.2 Å². The van der Waals surface area contributed by atoms with Gasteiger partial charge in [-0.25, -0.2) is 9.78 Å². The molecule has 0 aliphatic heterocycles. The summed E-state index contributed by atoms with van der Waals surface area (Å²) in [7, 11) is 0. The van der Waals surface area contributed by atoms with Gasteiger partial charge in [-0.3, -0.25) is 4.98 Å². The highest BCUT2D eigenvalue weighted by atomic mass is 16.2. The molecule has 2 rings (SSSR count). The van der Waals surface area contributed by atoms with Gasteiger partial charge in [0.1, 0.15) is 5.82 Å². The number of hydrogen-bond donors (Lipinski definition) is 3. The van der Waals surface area contributed by atoms with Gasteiger partial charge in [0.25, 0.3) is 0 Å². The number of carbonyl (C=O) groups excluding carboxylic acids is 1. The van der Waals surface area contributed by atoms with Gasteiger partial charge >= 0.3 is 6.03 Å². The highest BCUT2D eigenvalue weighted by Gasteiger charge is 1.99. The summed E-state index contributed by atoms with van der Waals surface area (Å²) in [4.78, 5) is 19.8. The van der Waals surface area contributed by atoms with Gasteiger partial charge in [0.2, 0.25) is 0 Å². The summed E-state index contributed by atoms with van der Waals surface area (Å²) >= 11 is 0. The van der Waals surface area contributed by atoms with E-state index >= 15 is 0 Å². The fourth-order valence-corrected chi connectivity index (χ4v) is 1.88. The number of anilines is 1. The maximum absolute atomic E-state index is 11.6. The van der Waals surface area contributed by atoms with E-state index < -0.39 is 0 Å². The van der Waals surface area contributed by atoms with Crippen LogP contribution in [0.25, 0.3) is 0 Å². The summed E-state index contributed by atoms with van der Waals surface area (Å²) in [6.45, 7) is 1.99. The maximum Gasteiger partial charge on any atom is 0.315 e. The molecule has 2 aromatic rings. The van der Waals surface area contributed by atoms with E-state index in [-0.39, 0.29) is 6.03 Å². The molecular formula is C16H21N5O. The SMILES string of the molecule is O=C(NCCCCNc1ccccn1)NCc1cccnc1. The van der Waals surface area contributed by atoms with Crippen molar-refractivity contribution >= 4 is 11.8 Å². The van der Waals surface area contributed by atoms with Crippen molar-refractivity contribution in [1.82, 2.24) is 20.6 Å². The van der Waals surface area contributed by atoms with Crippen molar-refractivity contribution < 1.29 is 4.79 Å². The van der Waals surface area contributed by atoms with Crippen LogP contribution >= 0.6 is 0 Å². The molecule has 2 aromatic heterocycles. The Hall–Kier alpha value is -2.63. The Balaban J connectivity index is 1.49. The van der Waals surface area contributed by atoms with Gasteiger partial charge < -0.3 is 16.0 Å². The molecule has 6 nitrogen and oxygen atoms in total. The van der Waals surface area contributed by atoms with Crippen molar-refractivity contribution in [2.45, 2.75) is 19.4 Å². The van der Waals surface area contributed by atoms with E-state index in [1.807, 2.05) is 30.3 Å². The fourth-order valence-electron chi connectivity index (χ4n) is 1.88. The van der Waals surface area contributed by atoms with Crippen molar-refractivity contribution in [2.75, 3.05) is 18.4 Å². The highest BCUT2D eigenvalue weighted by Crippen LogP contribution is 2.00. The molecule has 3 N–H and O–H groups in total. The molecule has 0 saturated heterocycles. The lowest BCUT2D eigenvalue weighted by Gasteiger charge is -2.08. The van der Waals surface area contributed by atoms with E-state index in [1.165, 1.54) is 0 Å². The van der Waals surface area contributed by atoms with Crippen molar-refractivity contribution in [3.63, 3.8) is 0 Å². The molecule has 22 heavy (non-hydrogen) atoms. The lowest BCUT2D eigenvalue weighted by molar-refractivity contribution is 0.240. The number of nitrogens with one attached hydrogen (secondary N) is 3. The van der Waals surface area contributed by atoms with E-state index in [0.717, 1.165) is 30.8 Å². The fraction of sp³-hybridized carbons (Fsp3) is 0.312. The summed E-state index contributed by atoms with van der Waals surface area (Å²) in [6, 6.07) is 9.40. The first-order valence-corrected chi connectivity index (χ1v) is 7.40. The third kappa shape index (κ3) is 6.21. The van der Waals surface area contributed by atoms with E-state index in [9.17, 15) is 4.79 Å². The lowest BCUT2D eigenvalue weighted by atomic mass is 10.3. The molecule has 2 heterocycles. The van der Waals surface area contributed by atoms with Crippen molar-refractivity contribution in [1.29, 1.82) is 0 Å². The molecule has 2 amide bonds. The van der Waals surface area contributed by atoms with E-state index in [0.29, 0.717) is 13.1 Å². The molecule has 0 aliphatic rings. The Morgan fingerprint density at radius 3 is 2.68 bits per heavy atom. The molecular weight excluding hydrogens is 278 g/mol. The summed E-state index contributed by atoms with van der Waals surface area (Å²) in [5.74, 6) is 0.879. The quantitative estimate of drug-likeness (QED) is 0.653.